The summed E-state index contributed by atoms with van der Waals surface area (Å²) >= 11 is 0. The highest BCUT2D eigenvalue weighted by Gasteiger charge is 2.35. The Balaban J connectivity index is 2.97. The maximum atomic E-state index is 12.6. The predicted octanol–water partition coefficient (Wildman–Crippen LogP) is 3.14. The second-order valence-corrected chi connectivity index (χ2v) is 4.04. The molecule has 1 unspecified atom stereocenters. The second kappa shape index (κ2) is 5.88. The average Bonchev–Trinajstić information content (AvgIpc) is 2.27. The van der Waals surface area contributed by atoms with Crippen LogP contribution < -0.4 is 10.6 Å². The molecule has 0 aliphatic heterocycles. The van der Waals surface area contributed by atoms with Gasteiger partial charge in [0.1, 0.15) is 11.6 Å². The highest BCUT2D eigenvalue weighted by atomic mass is 19.4. The minimum absolute atomic E-state index is 0.0655. The third-order valence-electron chi connectivity index (χ3n) is 2.35. The fourth-order valence-electron chi connectivity index (χ4n) is 1.53. The van der Waals surface area contributed by atoms with Crippen molar-refractivity contribution in [1.29, 1.82) is 0 Å². The maximum Gasteiger partial charge on any atom is 0.451 e. The van der Waals surface area contributed by atoms with Gasteiger partial charge in [-0.1, -0.05) is 13.3 Å². The Hall–Kier alpha value is -1.53. The molecule has 0 aliphatic rings. The lowest BCUT2D eigenvalue weighted by molar-refractivity contribution is -0.144. The molecule has 1 aromatic rings. The largest absolute Gasteiger partial charge is 0.451 e. The summed E-state index contributed by atoms with van der Waals surface area (Å²) in [4.78, 5) is 6.88. The minimum atomic E-state index is -4.54. The molecule has 1 aromatic heterocycles. The van der Waals surface area contributed by atoms with E-state index in [1.165, 1.54) is 13.1 Å². The van der Waals surface area contributed by atoms with Crippen LogP contribution in [-0.2, 0) is 6.18 Å². The van der Waals surface area contributed by atoms with E-state index in [2.05, 4.69) is 20.6 Å². The smallest absolute Gasteiger partial charge is 0.373 e. The van der Waals surface area contributed by atoms with Crippen LogP contribution in [0.25, 0.3) is 0 Å². The number of nitrogens with one attached hydrogen (secondary N) is 2. The van der Waals surface area contributed by atoms with Crippen molar-refractivity contribution in [2.75, 3.05) is 17.7 Å². The minimum Gasteiger partial charge on any atom is -0.373 e. The van der Waals surface area contributed by atoms with Crippen molar-refractivity contribution in [3.63, 3.8) is 0 Å². The van der Waals surface area contributed by atoms with Gasteiger partial charge in [-0.25, -0.2) is 9.97 Å². The Morgan fingerprint density at radius 1 is 1.28 bits per heavy atom. The summed E-state index contributed by atoms with van der Waals surface area (Å²) in [7, 11) is 1.52. The van der Waals surface area contributed by atoms with Crippen LogP contribution in [0, 0.1) is 0 Å². The number of aromatic nitrogens is 2. The number of anilines is 2. The van der Waals surface area contributed by atoms with Gasteiger partial charge in [-0.2, -0.15) is 13.2 Å². The molecule has 7 heteroatoms. The van der Waals surface area contributed by atoms with E-state index in [0.29, 0.717) is 0 Å². The summed E-state index contributed by atoms with van der Waals surface area (Å²) in [6.07, 6.45) is -2.73. The fourth-order valence-corrected chi connectivity index (χ4v) is 1.53. The first-order valence-corrected chi connectivity index (χ1v) is 5.77. The standard InChI is InChI=1S/C11H17F3N4/c1-4-5-7(2)16-9-6-8(15-3)17-10(18-9)11(12,13)14/h6-7H,4-5H2,1-3H3,(H2,15,16,17,18). The van der Waals surface area contributed by atoms with E-state index < -0.39 is 12.0 Å². The summed E-state index contributed by atoms with van der Waals surface area (Å²) in [6.45, 7) is 3.91. The van der Waals surface area contributed by atoms with Crippen LogP contribution in [0.3, 0.4) is 0 Å². The highest BCUT2D eigenvalue weighted by molar-refractivity contribution is 5.47. The maximum absolute atomic E-state index is 12.6. The van der Waals surface area contributed by atoms with E-state index in [1.807, 2.05) is 13.8 Å². The summed E-state index contributed by atoms with van der Waals surface area (Å²) in [6, 6.07) is 1.53. The summed E-state index contributed by atoms with van der Waals surface area (Å²) in [5, 5.41) is 5.53. The Kier molecular flexibility index (Phi) is 4.75. The zero-order valence-corrected chi connectivity index (χ0v) is 10.6. The number of alkyl halides is 3. The summed E-state index contributed by atoms with van der Waals surface area (Å²) in [5.41, 5.74) is 0. The number of hydrogen-bond donors (Lipinski definition) is 2. The van der Waals surface area contributed by atoms with E-state index in [0.717, 1.165) is 12.8 Å². The van der Waals surface area contributed by atoms with Crippen molar-refractivity contribution in [2.45, 2.75) is 38.9 Å². The lowest BCUT2D eigenvalue weighted by Gasteiger charge is -2.15. The normalized spacial score (nSPS) is 13.2. The zero-order valence-electron chi connectivity index (χ0n) is 10.6. The first-order chi connectivity index (χ1) is 8.36. The Morgan fingerprint density at radius 2 is 1.89 bits per heavy atom. The van der Waals surface area contributed by atoms with Gasteiger partial charge in [0.2, 0.25) is 5.82 Å². The van der Waals surface area contributed by atoms with Crippen LogP contribution in [0.4, 0.5) is 24.8 Å². The number of nitrogens with zero attached hydrogens (tertiary/aromatic N) is 2. The van der Waals surface area contributed by atoms with Crippen molar-refractivity contribution in [2.24, 2.45) is 0 Å². The molecule has 0 saturated heterocycles. The molecule has 0 amide bonds. The van der Waals surface area contributed by atoms with E-state index >= 15 is 0 Å². The van der Waals surface area contributed by atoms with Crippen LogP contribution >= 0.6 is 0 Å². The lowest BCUT2D eigenvalue weighted by atomic mass is 10.2. The molecule has 0 bridgehead atoms. The third-order valence-corrected chi connectivity index (χ3v) is 2.35. The quantitative estimate of drug-likeness (QED) is 0.856. The Morgan fingerprint density at radius 3 is 2.39 bits per heavy atom. The van der Waals surface area contributed by atoms with E-state index in [-0.39, 0.29) is 17.7 Å². The van der Waals surface area contributed by atoms with Gasteiger partial charge in [0, 0.05) is 19.2 Å². The molecular formula is C11H17F3N4. The summed E-state index contributed by atoms with van der Waals surface area (Å²) < 4.78 is 37.8. The molecule has 1 heterocycles. The SMILES string of the molecule is CCCC(C)Nc1cc(NC)nc(C(F)(F)F)n1. The van der Waals surface area contributed by atoms with Crippen LogP contribution in [0.1, 0.15) is 32.5 Å². The Labute approximate surface area is 104 Å². The van der Waals surface area contributed by atoms with Crippen LogP contribution in [0.5, 0.6) is 0 Å². The third kappa shape index (κ3) is 4.05. The zero-order chi connectivity index (χ0) is 13.8. The first kappa shape index (κ1) is 14.5. The lowest BCUT2D eigenvalue weighted by Crippen LogP contribution is -2.19. The van der Waals surface area contributed by atoms with Gasteiger partial charge < -0.3 is 10.6 Å². The van der Waals surface area contributed by atoms with Gasteiger partial charge in [-0.15, -0.1) is 0 Å². The Bertz CT molecular complexity index is 392. The topological polar surface area (TPSA) is 49.8 Å². The number of hydrogen-bond acceptors (Lipinski definition) is 4. The molecule has 0 saturated carbocycles. The average molecular weight is 262 g/mol. The van der Waals surface area contributed by atoms with Gasteiger partial charge in [0.05, 0.1) is 0 Å². The molecule has 0 spiro atoms. The van der Waals surface area contributed by atoms with E-state index in [1.54, 1.807) is 0 Å². The van der Waals surface area contributed by atoms with E-state index in [4.69, 9.17) is 0 Å². The second-order valence-electron chi connectivity index (χ2n) is 4.04. The van der Waals surface area contributed by atoms with E-state index in [9.17, 15) is 13.2 Å². The molecule has 0 fully saturated rings. The van der Waals surface area contributed by atoms with Gasteiger partial charge in [-0.3, -0.25) is 0 Å². The molecule has 0 aromatic carbocycles. The van der Waals surface area contributed by atoms with Crippen LogP contribution in [0.2, 0.25) is 0 Å². The van der Waals surface area contributed by atoms with Gasteiger partial charge >= 0.3 is 6.18 Å². The predicted molar refractivity (Wildman–Crippen MR) is 64.6 cm³/mol. The van der Waals surface area contributed by atoms with Gasteiger partial charge in [0.15, 0.2) is 0 Å². The summed E-state index contributed by atoms with van der Waals surface area (Å²) in [5.74, 6) is -0.813. The molecule has 0 aliphatic carbocycles. The highest BCUT2D eigenvalue weighted by Crippen LogP contribution is 2.28. The van der Waals surface area contributed by atoms with Crippen LogP contribution in [0.15, 0.2) is 6.07 Å². The molecule has 1 rings (SSSR count). The van der Waals surface area contributed by atoms with Crippen molar-refractivity contribution in [1.82, 2.24) is 9.97 Å². The molecule has 102 valence electrons. The fraction of sp³-hybridized carbons (Fsp3) is 0.636. The van der Waals surface area contributed by atoms with Crippen molar-refractivity contribution >= 4 is 11.6 Å². The number of rotatable bonds is 5. The monoisotopic (exact) mass is 262 g/mol. The molecule has 4 nitrogen and oxygen atoms in total. The molecule has 0 radical (unpaired) electrons. The van der Waals surface area contributed by atoms with Gasteiger partial charge in [0.25, 0.3) is 0 Å². The van der Waals surface area contributed by atoms with Crippen molar-refractivity contribution in [3.05, 3.63) is 11.9 Å². The first-order valence-electron chi connectivity index (χ1n) is 5.77. The van der Waals surface area contributed by atoms with Crippen molar-refractivity contribution in [3.8, 4) is 0 Å². The molecule has 18 heavy (non-hydrogen) atoms. The molecular weight excluding hydrogens is 245 g/mol. The van der Waals surface area contributed by atoms with Crippen LogP contribution in [-0.4, -0.2) is 23.1 Å². The van der Waals surface area contributed by atoms with Gasteiger partial charge in [-0.05, 0) is 13.3 Å². The molecule has 1 atom stereocenters. The van der Waals surface area contributed by atoms with Crippen molar-refractivity contribution < 1.29 is 13.2 Å². The number of halogens is 3. The molecule has 2 N–H and O–H groups in total.